The molecule has 33 heavy (non-hydrogen) atoms. The maximum absolute atomic E-state index is 12.9. The summed E-state index contributed by atoms with van der Waals surface area (Å²) in [6.45, 7) is 0.284. The smallest absolute Gasteiger partial charge is 0.253 e. The molecule has 2 atom stereocenters. The summed E-state index contributed by atoms with van der Waals surface area (Å²) in [7, 11) is 0. The zero-order chi connectivity index (χ0) is 23.8. The van der Waals surface area contributed by atoms with Gasteiger partial charge in [-0.2, -0.15) is 0 Å². The number of pyridine rings is 1. The van der Waals surface area contributed by atoms with Gasteiger partial charge >= 0.3 is 0 Å². The van der Waals surface area contributed by atoms with Crippen molar-refractivity contribution in [3.05, 3.63) is 92.7 Å². The second-order valence-corrected chi connectivity index (χ2v) is 10.3. The van der Waals surface area contributed by atoms with Crippen LogP contribution in [0.3, 0.4) is 0 Å². The van der Waals surface area contributed by atoms with E-state index in [1.807, 2.05) is 6.07 Å². The highest BCUT2D eigenvalue weighted by Crippen LogP contribution is 2.65. The van der Waals surface area contributed by atoms with Crippen molar-refractivity contribution in [3.63, 3.8) is 0 Å². The number of aromatic nitrogens is 1. The topological polar surface area (TPSA) is 71.1 Å². The first-order valence-corrected chi connectivity index (χ1v) is 11.7. The number of anilines is 1. The number of rotatable bonds is 6. The van der Waals surface area contributed by atoms with Gasteiger partial charge in [0.15, 0.2) is 0 Å². The van der Waals surface area contributed by atoms with Crippen LogP contribution in [-0.4, -0.2) is 21.1 Å². The van der Waals surface area contributed by atoms with Crippen molar-refractivity contribution < 1.29 is 9.59 Å². The number of alkyl halides is 2. The van der Waals surface area contributed by atoms with Gasteiger partial charge in [-0.15, -0.1) is 23.2 Å². The Kier molecular flexibility index (Phi) is 7.08. The number of hydrogen-bond donors (Lipinski definition) is 2. The third-order valence-electron chi connectivity index (χ3n) is 5.23. The summed E-state index contributed by atoms with van der Waals surface area (Å²) in [5, 5.41) is 6.64. The number of carbonyl (C=O) groups excluding carboxylic acids is 2. The molecule has 1 heterocycles. The molecule has 3 aromatic rings. The standard InChI is InChI=1S/C23H16Cl5N3O2/c24-14-6-13(7-15(25)8-14)19-20(23(19,27)28)22(33)31-16-3-4-18(26)17(9-16)21(32)30-11-12-2-1-5-29-10-12/h1-10,19-20H,11H2,(H,30,32)(H,31,33)/t19-,20+/m1/s1. The van der Waals surface area contributed by atoms with Crippen LogP contribution in [0.5, 0.6) is 0 Å². The second kappa shape index (κ2) is 9.69. The lowest BCUT2D eigenvalue weighted by atomic mass is 10.1. The molecule has 4 rings (SSSR count). The van der Waals surface area contributed by atoms with Gasteiger partial charge in [-0.25, -0.2) is 0 Å². The van der Waals surface area contributed by atoms with Crippen molar-refractivity contribution in [1.82, 2.24) is 10.3 Å². The fourth-order valence-corrected chi connectivity index (χ4v) is 5.17. The van der Waals surface area contributed by atoms with Crippen LogP contribution in [0.4, 0.5) is 5.69 Å². The van der Waals surface area contributed by atoms with E-state index in [9.17, 15) is 9.59 Å². The predicted octanol–water partition coefficient (Wildman–Crippen LogP) is 6.50. The largest absolute Gasteiger partial charge is 0.348 e. The lowest BCUT2D eigenvalue weighted by Crippen LogP contribution is -2.23. The highest BCUT2D eigenvalue weighted by molar-refractivity contribution is 6.53. The average molecular weight is 544 g/mol. The van der Waals surface area contributed by atoms with Gasteiger partial charge in [-0.3, -0.25) is 14.6 Å². The molecule has 10 heteroatoms. The number of amides is 2. The maximum Gasteiger partial charge on any atom is 0.253 e. The van der Waals surface area contributed by atoms with Gasteiger partial charge in [0.05, 0.1) is 16.5 Å². The van der Waals surface area contributed by atoms with E-state index >= 15 is 0 Å². The maximum atomic E-state index is 12.9. The van der Waals surface area contributed by atoms with Gasteiger partial charge in [-0.1, -0.05) is 40.9 Å². The first kappa shape index (κ1) is 24.1. The van der Waals surface area contributed by atoms with E-state index < -0.39 is 22.1 Å². The molecule has 1 aliphatic carbocycles. The van der Waals surface area contributed by atoms with Crippen LogP contribution in [-0.2, 0) is 11.3 Å². The van der Waals surface area contributed by atoms with E-state index in [0.717, 1.165) is 5.56 Å². The minimum Gasteiger partial charge on any atom is -0.348 e. The first-order valence-electron chi connectivity index (χ1n) is 9.78. The minimum absolute atomic E-state index is 0.218. The fraction of sp³-hybridized carbons (Fsp3) is 0.174. The van der Waals surface area contributed by atoms with E-state index in [0.29, 0.717) is 21.3 Å². The van der Waals surface area contributed by atoms with E-state index in [1.54, 1.807) is 42.7 Å². The number of halogens is 5. The summed E-state index contributed by atoms with van der Waals surface area (Å²) in [6, 6.07) is 13.2. The van der Waals surface area contributed by atoms with Crippen molar-refractivity contribution in [3.8, 4) is 0 Å². The predicted molar refractivity (Wildman–Crippen MR) is 133 cm³/mol. The Morgan fingerprint density at radius 3 is 2.39 bits per heavy atom. The number of hydrogen-bond acceptors (Lipinski definition) is 3. The molecular weight excluding hydrogens is 528 g/mol. The van der Waals surface area contributed by atoms with Gasteiger partial charge < -0.3 is 10.6 Å². The van der Waals surface area contributed by atoms with Crippen LogP contribution in [0.1, 0.15) is 27.4 Å². The lowest BCUT2D eigenvalue weighted by Gasteiger charge is -2.10. The summed E-state index contributed by atoms with van der Waals surface area (Å²) in [5.41, 5.74) is 2.11. The van der Waals surface area contributed by atoms with Crippen LogP contribution >= 0.6 is 58.0 Å². The molecule has 0 unspecified atom stereocenters. The molecule has 0 aliphatic heterocycles. The third kappa shape index (κ3) is 5.39. The Balaban J connectivity index is 1.46. The Hall–Kier alpha value is -2.02. The second-order valence-electron chi connectivity index (χ2n) is 7.56. The van der Waals surface area contributed by atoms with Crippen molar-refractivity contribution in [2.24, 2.45) is 5.92 Å². The number of carbonyl (C=O) groups is 2. The Labute approximate surface area is 215 Å². The molecule has 1 aromatic heterocycles. The molecule has 0 bridgehead atoms. The molecule has 2 N–H and O–H groups in total. The SMILES string of the molecule is O=C(NCc1cccnc1)c1cc(NC(=O)[C@@H]2[C@@H](c3cc(Cl)cc(Cl)c3)C2(Cl)Cl)ccc1Cl. The normalized spacial score (nSPS) is 18.5. The zero-order valence-electron chi connectivity index (χ0n) is 16.8. The Morgan fingerprint density at radius 1 is 1.00 bits per heavy atom. The molecule has 1 saturated carbocycles. The van der Waals surface area contributed by atoms with Gasteiger partial charge in [0.25, 0.3) is 5.91 Å². The van der Waals surface area contributed by atoms with Crippen LogP contribution in [0.25, 0.3) is 0 Å². The molecule has 2 amide bonds. The van der Waals surface area contributed by atoms with E-state index in [2.05, 4.69) is 15.6 Å². The van der Waals surface area contributed by atoms with Gasteiger partial charge in [0.1, 0.15) is 4.33 Å². The molecule has 1 fully saturated rings. The molecule has 5 nitrogen and oxygen atoms in total. The quantitative estimate of drug-likeness (QED) is 0.349. The van der Waals surface area contributed by atoms with Crippen molar-refractivity contribution >= 4 is 75.5 Å². The summed E-state index contributed by atoms with van der Waals surface area (Å²) in [4.78, 5) is 29.6. The summed E-state index contributed by atoms with van der Waals surface area (Å²) in [6.07, 6.45) is 3.30. The monoisotopic (exact) mass is 541 g/mol. The Bertz CT molecular complexity index is 1200. The highest BCUT2D eigenvalue weighted by Gasteiger charge is 2.67. The zero-order valence-corrected chi connectivity index (χ0v) is 20.6. The number of benzene rings is 2. The van der Waals surface area contributed by atoms with Crippen LogP contribution in [0, 0.1) is 5.92 Å². The molecule has 0 spiro atoms. The van der Waals surface area contributed by atoms with E-state index in [4.69, 9.17) is 58.0 Å². The van der Waals surface area contributed by atoms with Gasteiger partial charge in [0, 0.05) is 40.6 Å². The van der Waals surface area contributed by atoms with Crippen molar-refractivity contribution in [2.75, 3.05) is 5.32 Å². The minimum atomic E-state index is -1.31. The first-order chi connectivity index (χ1) is 15.7. The molecule has 0 saturated heterocycles. The summed E-state index contributed by atoms with van der Waals surface area (Å²) in [5.74, 6) is -1.99. The number of nitrogens with one attached hydrogen (secondary N) is 2. The summed E-state index contributed by atoms with van der Waals surface area (Å²) >= 11 is 31.2. The number of nitrogens with zero attached hydrogens (tertiary/aromatic N) is 1. The molecule has 1 aliphatic rings. The third-order valence-corrected chi connectivity index (χ3v) is 6.94. The molecule has 170 valence electrons. The van der Waals surface area contributed by atoms with Gasteiger partial charge in [0.2, 0.25) is 5.91 Å². The van der Waals surface area contributed by atoms with Crippen LogP contribution in [0.15, 0.2) is 60.9 Å². The van der Waals surface area contributed by atoms with E-state index in [-0.39, 0.29) is 23.0 Å². The van der Waals surface area contributed by atoms with Crippen LogP contribution < -0.4 is 10.6 Å². The lowest BCUT2D eigenvalue weighted by molar-refractivity contribution is -0.117. The van der Waals surface area contributed by atoms with E-state index in [1.165, 1.54) is 12.1 Å². The summed E-state index contributed by atoms with van der Waals surface area (Å²) < 4.78 is -1.31. The Morgan fingerprint density at radius 2 is 1.73 bits per heavy atom. The molecule has 0 radical (unpaired) electrons. The van der Waals surface area contributed by atoms with Crippen LogP contribution in [0.2, 0.25) is 15.1 Å². The molecular formula is C23H16Cl5N3O2. The van der Waals surface area contributed by atoms with Gasteiger partial charge in [-0.05, 0) is 53.6 Å². The van der Waals surface area contributed by atoms with Crippen molar-refractivity contribution in [2.45, 2.75) is 16.8 Å². The fourth-order valence-electron chi connectivity index (χ4n) is 3.60. The highest BCUT2D eigenvalue weighted by atomic mass is 35.5. The van der Waals surface area contributed by atoms with Crippen molar-refractivity contribution in [1.29, 1.82) is 0 Å². The average Bonchev–Trinajstić information content (AvgIpc) is 3.35. The molecule has 2 aromatic carbocycles.